The first-order valence-corrected chi connectivity index (χ1v) is 6.32. The van der Waals surface area contributed by atoms with Crippen LogP contribution in [0.4, 0.5) is 4.39 Å². The Morgan fingerprint density at radius 2 is 1.89 bits per heavy atom. The van der Waals surface area contributed by atoms with E-state index in [4.69, 9.17) is 5.11 Å². The molecule has 0 radical (unpaired) electrons. The molecule has 0 aliphatic heterocycles. The highest BCUT2D eigenvalue weighted by atomic mass is 19.1. The van der Waals surface area contributed by atoms with Crippen LogP contribution in [0.1, 0.15) is 24.8 Å². The molecule has 0 bridgehead atoms. The molecule has 1 fully saturated rings. The molecule has 19 heavy (non-hydrogen) atoms. The quantitative estimate of drug-likeness (QED) is 0.853. The summed E-state index contributed by atoms with van der Waals surface area (Å²) in [7, 11) is 0. The van der Waals surface area contributed by atoms with Crippen LogP contribution in [-0.4, -0.2) is 34.5 Å². The Morgan fingerprint density at radius 3 is 2.42 bits per heavy atom. The molecule has 1 amide bonds. The Labute approximate surface area is 110 Å². The van der Waals surface area contributed by atoms with Crippen molar-refractivity contribution >= 4 is 11.9 Å². The molecule has 4 nitrogen and oxygen atoms in total. The van der Waals surface area contributed by atoms with Crippen LogP contribution >= 0.6 is 0 Å². The van der Waals surface area contributed by atoms with Crippen LogP contribution in [0.3, 0.4) is 0 Å². The maximum absolute atomic E-state index is 12.8. The monoisotopic (exact) mass is 265 g/mol. The van der Waals surface area contributed by atoms with Gasteiger partial charge in [0.15, 0.2) is 0 Å². The zero-order valence-electron chi connectivity index (χ0n) is 10.5. The minimum Gasteiger partial charge on any atom is -0.481 e. The van der Waals surface area contributed by atoms with E-state index in [1.165, 1.54) is 12.1 Å². The highest BCUT2D eigenvalue weighted by molar-refractivity contribution is 5.80. The van der Waals surface area contributed by atoms with E-state index < -0.39 is 5.97 Å². The molecule has 0 saturated heterocycles. The third-order valence-electron chi connectivity index (χ3n) is 3.14. The molecule has 1 saturated carbocycles. The Bertz CT molecular complexity index is 468. The summed E-state index contributed by atoms with van der Waals surface area (Å²) < 4.78 is 12.8. The van der Waals surface area contributed by atoms with Crippen LogP contribution < -0.4 is 0 Å². The van der Waals surface area contributed by atoms with Gasteiger partial charge >= 0.3 is 5.97 Å². The van der Waals surface area contributed by atoms with Crippen LogP contribution in [-0.2, 0) is 16.0 Å². The zero-order chi connectivity index (χ0) is 13.8. The molecule has 0 unspecified atom stereocenters. The number of rotatable bonds is 6. The van der Waals surface area contributed by atoms with E-state index in [0.29, 0.717) is 0 Å². The summed E-state index contributed by atoms with van der Waals surface area (Å²) >= 11 is 0. The second-order valence-corrected chi connectivity index (χ2v) is 4.77. The summed E-state index contributed by atoms with van der Waals surface area (Å²) in [5, 5.41) is 8.69. The van der Waals surface area contributed by atoms with Crippen molar-refractivity contribution < 1.29 is 19.1 Å². The smallest absolute Gasteiger partial charge is 0.305 e. The van der Waals surface area contributed by atoms with E-state index in [1.807, 2.05) is 0 Å². The highest BCUT2D eigenvalue weighted by Gasteiger charge is 2.32. The van der Waals surface area contributed by atoms with Gasteiger partial charge in [-0.2, -0.15) is 0 Å². The minimum absolute atomic E-state index is 0.0361. The van der Waals surface area contributed by atoms with E-state index in [1.54, 1.807) is 17.0 Å². The number of amides is 1. The third kappa shape index (κ3) is 4.05. The topological polar surface area (TPSA) is 57.6 Å². The normalized spacial score (nSPS) is 14.2. The molecular formula is C14H16FNO3. The van der Waals surface area contributed by atoms with E-state index in [0.717, 1.165) is 18.4 Å². The van der Waals surface area contributed by atoms with Crippen molar-refractivity contribution in [2.75, 3.05) is 6.54 Å². The fourth-order valence-electron chi connectivity index (χ4n) is 1.99. The molecule has 0 atom stereocenters. The van der Waals surface area contributed by atoms with Crippen molar-refractivity contribution in [1.29, 1.82) is 0 Å². The lowest BCUT2D eigenvalue weighted by atomic mass is 10.1. The number of carboxylic acid groups (broad SMARTS) is 1. The van der Waals surface area contributed by atoms with Gasteiger partial charge in [-0.25, -0.2) is 4.39 Å². The van der Waals surface area contributed by atoms with Gasteiger partial charge in [0, 0.05) is 12.6 Å². The Balaban J connectivity index is 1.95. The van der Waals surface area contributed by atoms with Crippen LogP contribution in [0.5, 0.6) is 0 Å². The number of hydrogen-bond donors (Lipinski definition) is 1. The van der Waals surface area contributed by atoms with Crippen molar-refractivity contribution in [2.24, 2.45) is 0 Å². The molecule has 1 aliphatic carbocycles. The second-order valence-electron chi connectivity index (χ2n) is 4.77. The van der Waals surface area contributed by atoms with Crippen molar-refractivity contribution in [3.8, 4) is 0 Å². The van der Waals surface area contributed by atoms with Gasteiger partial charge in [-0.05, 0) is 30.5 Å². The van der Waals surface area contributed by atoms with Crippen LogP contribution in [0, 0.1) is 5.82 Å². The van der Waals surface area contributed by atoms with Crippen molar-refractivity contribution in [3.05, 3.63) is 35.6 Å². The van der Waals surface area contributed by atoms with Crippen LogP contribution in [0.2, 0.25) is 0 Å². The van der Waals surface area contributed by atoms with Gasteiger partial charge in [-0.1, -0.05) is 12.1 Å². The second kappa shape index (κ2) is 5.82. The standard InChI is InChI=1S/C14H16FNO3/c15-11-3-1-10(2-4-11)9-13(17)16(12-5-6-12)8-7-14(18)19/h1-4,12H,5-9H2,(H,18,19). The van der Waals surface area contributed by atoms with Crippen molar-refractivity contribution in [1.82, 2.24) is 4.90 Å². The molecule has 2 rings (SSSR count). The molecule has 0 aromatic heterocycles. The molecule has 0 spiro atoms. The fraction of sp³-hybridized carbons (Fsp3) is 0.429. The summed E-state index contributed by atoms with van der Waals surface area (Å²) in [4.78, 5) is 24.4. The van der Waals surface area contributed by atoms with E-state index in [2.05, 4.69) is 0 Å². The Kier molecular flexibility index (Phi) is 4.14. The van der Waals surface area contributed by atoms with Crippen molar-refractivity contribution in [2.45, 2.75) is 31.7 Å². The first-order valence-electron chi connectivity index (χ1n) is 6.32. The van der Waals surface area contributed by atoms with Gasteiger partial charge in [-0.15, -0.1) is 0 Å². The van der Waals surface area contributed by atoms with Gasteiger partial charge in [0.1, 0.15) is 5.82 Å². The number of carbonyl (C=O) groups excluding carboxylic acids is 1. The molecule has 102 valence electrons. The lowest BCUT2D eigenvalue weighted by molar-refractivity contribution is -0.138. The number of aliphatic carboxylic acids is 1. The van der Waals surface area contributed by atoms with Crippen molar-refractivity contribution in [3.63, 3.8) is 0 Å². The largest absolute Gasteiger partial charge is 0.481 e. The maximum Gasteiger partial charge on any atom is 0.305 e. The molecular weight excluding hydrogens is 249 g/mol. The van der Waals surface area contributed by atoms with E-state index >= 15 is 0 Å². The highest BCUT2D eigenvalue weighted by Crippen LogP contribution is 2.27. The summed E-state index contributed by atoms with van der Waals surface area (Å²) in [5.74, 6) is -1.32. The number of nitrogens with zero attached hydrogens (tertiary/aromatic N) is 1. The van der Waals surface area contributed by atoms with Gasteiger partial charge in [0.05, 0.1) is 12.8 Å². The maximum atomic E-state index is 12.8. The average molecular weight is 265 g/mol. The first kappa shape index (κ1) is 13.5. The summed E-state index contributed by atoms with van der Waals surface area (Å²) in [5.41, 5.74) is 0.743. The van der Waals surface area contributed by atoms with Crippen LogP contribution in [0.15, 0.2) is 24.3 Å². The van der Waals surface area contributed by atoms with Gasteiger partial charge in [-0.3, -0.25) is 9.59 Å². The number of carbonyl (C=O) groups is 2. The summed E-state index contributed by atoms with van der Waals surface area (Å²) in [6.45, 7) is 0.250. The van der Waals surface area contributed by atoms with Crippen LogP contribution in [0.25, 0.3) is 0 Å². The number of carboxylic acids is 1. The van der Waals surface area contributed by atoms with E-state index in [9.17, 15) is 14.0 Å². The number of halogens is 1. The van der Waals surface area contributed by atoms with Gasteiger partial charge in [0.25, 0.3) is 0 Å². The predicted molar refractivity (Wildman–Crippen MR) is 67.1 cm³/mol. The molecule has 5 heteroatoms. The fourth-order valence-corrected chi connectivity index (χ4v) is 1.99. The average Bonchev–Trinajstić information content (AvgIpc) is 3.16. The summed E-state index contributed by atoms with van der Waals surface area (Å²) in [6, 6.07) is 5.99. The first-order chi connectivity index (χ1) is 9.06. The number of hydrogen-bond acceptors (Lipinski definition) is 2. The van der Waals surface area contributed by atoms with Gasteiger partial charge in [0.2, 0.25) is 5.91 Å². The molecule has 1 N–H and O–H groups in total. The summed E-state index contributed by atoms with van der Waals surface area (Å²) in [6.07, 6.45) is 2.03. The zero-order valence-corrected chi connectivity index (χ0v) is 10.5. The predicted octanol–water partition coefficient (Wildman–Crippen LogP) is 1.83. The van der Waals surface area contributed by atoms with E-state index in [-0.39, 0.29) is 37.2 Å². The number of benzene rings is 1. The SMILES string of the molecule is O=C(O)CCN(C(=O)Cc1ccc(F)cc1)C1CC1. The minimum atomic E-state index is -0.903. The lowest BCUT2D eigenvalue weighted by Crippen LogP contribution is -2.36. The third-order valence-corrected chi connectivity index (χ3v) is 3.14. The molecule has 1 aromatic carbocycles. The Hall–Kier alpha value is -1.91. The molecule has 1 aliphatic rings. The molecule has 0 heterocycles. The molecule has 1 aromatic rings. The van der Waals surface area contributed by atoms with Gasteiger partial charge < -0.3 is 10.0 Å². The Morgan fingerprint density at radius 1 is 1.26 bits per heavy atom. The lowest BCUT2D eigenvalue weighted by Gasteiger charge is -2.21.